The second kappa shape index (κ2) is 12.0. The largest absolute Gasteiger partial charge is 0.493 e. The molecule has 1 fully saturated rings. The molecule has 0 radical (unpaired) electrons. The van der Waals surface area contributed by atoms with Crippen LogP contribution in [0.2, 0.25) is 0 Å². The zero-order valence-electron chi connectivity index (χ0n) is 20.0. The standard InChI is InChI=1S/C24H30N2O8S/c1-17(27)25-19-7-9-21(10-8-19)35(29,30)34-23-13-18(6-11-22(23)32-3)14-26(24(28)16-31-2)15-20-5-4-12-33-20/h6-11,13,20H,4-5,12,14-16H2,1-3H3,(H,25,27)/t20-/m1/s1. The Morgan fingerprint density at radius 2 is 1.86 bits per heavy atom. The van der Waals surface area contributed by atoms with E-state index in [0.29, 0.717) is 24.4 Å². The van der Waals surface area contributed by atoms with Gasteiger partial charge in [-0.25, -0.2) is 0 Å². The number of hydrogen-bond donors (Lipinski definition) is 1. The summed E-state index contributed by atoms with van der Waals surface area (Å²) < 4.78 is 47.2. The number of benzene rings is 2. The number of rotatable bonds is 11. The Labute approximate surface area is 205 Å². The summed E-state index contributed by atoms with van der Waals surface area (Å²) in [6.45, 7) is 2.57. The predicted octanol–water partition coefficient (Wildman–Crippen LogP) is 2.58. The van der Waals surface area contributed by atoms with E-state index >= 15 is 0 Å². The van der Waals surface area contributed by atoms with Crippen molar-refractivity contribution in [1.29, 1.82) is 0 Å². The Kier molecular flexibility index (Phi) is 9.07. The lowest BCUT2D eigenvalue weighted by molar-refractivity contribution is -0.137. The van der Waals surface area contributed by atoms with Crippen LogP contribution in [0, 0.1) is 0 Å². The lowest BCUT2D eigenvalue weighted by atomic mass is 10.1. The summed E-state index contributed by atoms with van der Waals surface area (Å²) in [5, 5.41) is 2.58. The molecule has 1 atom stereocenters. The zero-order chi connectivity index (χ0) is 25.4. The average molecular weight is 507 g/mol. The highest BCUT2D eigenvalue weighted by atomic mass is 32.2. The number of amides is 2. The molecule has 0 unspecified atom stereocenters. The minimum atomic E-state index is -4.19. The SMILES string of the molecule is COCC(=O)N(Cc1ccc(OC)c(OS(=O)(=O)c2ccc(NC(C)=O)cc2)c1)C[C@H]1CCCO1. The first-order valence-corrected chi connectivity index (χ1v) is 12.5. The molecule has 3 rings (SSSR count). The monoisotopic (exact) mass is 506 g/mol. The normalized spacial score (nSPS) is 15.5. The summed E-state index contributed by atoms with van der Waals surface area (Å²) in [5.74, 6) is -0.252. The smallest absolute Gasteiger partial charge is 0.339 e. The third-order valence-electron chi connectivity index (χ3n) is 5.33. The molecule has 190 valence electrons. The molecule has 1 aliphatic heterocycles. The van der Waals surface area contributed by atoms with Gasteiger partial charge in [-0.3, -0.25) is 9.59 Å². The molecule has 1 N–H and O–H groups in total. The molecular formula is C24H30N2O8S. The van der Waals surface area contributed by atoms with Gasteiger partial charge in [-0.1, -0.05) is 6.07 Å². The molecule has 10 nitrogen and oxygen atoms in total. The van der Waals surface area contributed by atoms with Crippen LogP contribution in [0.25, 0.3) is 0 Å². The topological polar surface area (TPSA) is 120 Å². The molecule has 2 aromatic carbocycles. The highest BCUT2D eigenvalue weighted by Gasteiger charge is 2.24. The van der Waals surface area contributed by atoms with Crippen LogP contribution in [0.3, 0.4) is 0 Å². The van der Waals surface area contributed by atoms with Crippen LogP contribution >= 0.6 is 0 Å². The number of methoxy groups -OCH3 is 2. The van der Waals surface area contributed by atoms with Crippen molar-refractivity contribution in [3.05, 3.63) is 48.0 Å². The number of anilines is 1. The highest BCUT2D eigenvalue weighted by molar-refractivity contribution is 7.87. The molecule has 0 aliphatic carbocycles. The second-order valence-corrected chi connectivity index (χ2v) is 9.62. The summed E-state index contributed by atoms with van der Waals surface area (Å²) in [7, 11) is -1.33. The molecule has 1 aliphatic rings. The summed E-state index contributed by atoms with van der Waals surface area (Å²) in [5.41, 5.74) is 1.11. The minimum absolute atomic E-state index is 0.00723. The maximum absolute atomic E-state index is 12.9. The van der Waals surface area contributed by atoms with E-state index in [1.54, 1.807) is 17.0 Å². The predicted molar refractivity (Wildman–Crippen MR) is 128 cm³/mol. The van der Waals surface area contributed by atoms with Gasteiger partial charge in [0.25, 0.3) is 0 Å². The van der Waals surface area contributed by atoms with Crippen molar-refractivity contribution in [2.45, 2.75) is 37.3 Å². The van der Waals surface area contributed by atoms with E-state index in [-0.39, 0.29) is 47.5 Å². The van der Waals surface area contributed by atoms with Gasteiger partial charge < -0.3 is 28.6 Å². The van der Waals surface area contributed by atoms with Crippen LogP contribution in [0.4, 0.5) is 5.69 Å². The summed E-state index contributed by atoms with van der Waals surface area (Å²) in [6, 6.07) is 10.5. The molecule has 35 heavy (non-hydrogen) atoms. The van der Waals surface area contributed by atoms with Crippen LogP contribution in [-0.2, 0) is 35.7 Å². The summed E-state index contributed by atoms with van der Waals surface area (Å²) in [6.07, 6.45) is 1.76. The molecule has 0 aromatic heterocycles. The molecule has 1 heterocycles. The third-order valence-corrected chi connectivity index (χ3v) is 6.58. The van der Waals surface area contributed by atoms with E-state index in [9.17, 15) is 18.0 Å². The van der Waals surface area contributed by atoms with Crippen molar-refractivity contribution in [1.82, 2.24) is 4.90 Å². The number of carbonyl (C=O) groups excluding carboxylic acids is 2. The summed E-state index contributed by atoms with van der Waals surface area (Å²) >= 11 is 0. The molecule has 0 bridgehead atoms. The van der Waals surface area contributed by atoms with Gasteiger partial charge in [0, 0.05) is 39.4 Å². The highest BCUT2D eigenvalue weighted by Crippen LogP contribution is 2.32. The number of ether oxygens (including phenoxy) is 3. The summed E-state index contributed by atoms with van der Waals surface area (Å²) in [4.78, 5) is 25.3. The van der Waals surface area contributed by atoms with Crippen LogP contribution < -0.4 is 14.2 Å². The van der Waals surface area contributed by atoms with Crippen molar-refractivity contribution >= 4 is 27.6 Å². The van der Waals surface area contributed by atoms with E-state index in [1.165, 1.54) is 51.5 Å². The van der Waals surface area contributed by atoms with Crippen LogP contribution in [0.1, 0.15) is 25.3 Å². The van der Waals surface area contributed by atoms with Gasteiger partial charge in [0.15, 0.2) is 11.5 Å². The van der Waals surface area contributed by atoms with Crippen molar-refractivity contribution < 1.29 is 36.4 Å². The van der Waals surface area contributed by atoms with Crippen LogP contribution in [-0.4, -0.2) is 65.2 Å². The Balaban J connectivity index is 1.81. The van der Waals surface area contributed by atoms with E-state index in [2.05, 4.69) is 5.32 Å². The Hall–Kier alpha value is -3.15. The lowest BCUT2D eigenvalue weighted by Crippen LogP contribution is -2.38. The van der Waals surface area contributed by atoms with Crippen molar-refractivity contribution in [3.63, 3.8) is 0 Å². The van der Waals surface area contributed by atoms with Gasteiger partial charge in [0.1, 0.15) is 11.5 Å². The first-order chi connectivity index (χ1) is 16.7. The lowest BCUT2D eigenvalue weighted by Gasteiger charge is -2.25. The molecule has 2 amide bonds. The number of nitrogens with one attached hydrogen (secondary N) is 1. The van der Waals surface area contributed by atoms with Gasteiger partial charge in [0.2, 0.25) is 11.8 Å². The Bertz CT molecular complexity index is 1130. The third kappa shape index (κ3) is 7.41. The fraction of sp³-hybridized carbons (Fsp3) is 0.417. The maximum Gasteiger partial charge on any atom is 0.339 e. The molecule has 0 spiro atoms. The van der Waals surface area contributed by atoms with Gasteiger partial charge in [-0.05, 0) is 54.8 Å². The van der Waals surface area contributed by atoms with E-state index in [0.717, 1.165) is 12.8 Å². The van der Waals surface area contributed by atoms with E-state index in [1.807, 2.05) is 0 Å². The second-order valence-electron chi connectivity index (χ2n) is 8.07. The van der Waals surface area contributed by atoms with Gasteiger partial charge in [0.05, 0.1) is 13.2 Å². The molecule has 11 heteroatoms. The van der Waals surface area contributed by atoms with Crippen molar-refractivity contribution in [2.75, 3.05) is 39.3 Å². The number of hydrogen-bond acceptors (Lipinski definition) is 8. The number of nitrogens with zero attached hydrogens (tertiary/aromatic N) is 1. The molecular weight excluding hydrogens is 476 g/mol. The zero-order valence-corrected chi connectivity index (χ0v) is 20.8. The average Bonchev–Trinajstić information content (AvgIpc) is 3.32. The van der Waals surface area contributed by atoms with Crippen LogP contribution in [0.5, 0.6) is 11.5 Å². The molecule has 0 saturated carbocycles. The Morgan fingerprint density at radius 1 is 1.11 bits per heavy atom. The fourth-order valence-electron chi connectivity index (χ4n) is 3.68. The maximum atomic E-state index is 12.9. The first-order valence-electron chi connectivity index (χ1n) is 11.1. The van der Waals surface area contributed by atoms with Crippen molar-refractivity contribution in [2.24, 2.45) is 0 Å². The van der Waals surface area contributed by atoms with Gasteiger partial charge >= 0.3 is 10.1 Å². The van der Waals surface area contributed by atoms with E-state index in [4.69, 9.17) is 18.4 Å². The van der Waals surface area contributed by atoms with Gasteiger partial charge in [-0.15, -0.1) is 0 Å². The number of carbonyl (C=O) groups is 2. The molecule has 2 aromatic rings. The van der Waals surface area contributed by atoms with Crippen molar-refractivity contribution in [3.8, 4) is 11.5 Å². The minimum Gasteiger partial charge on any atom is -0.493 e. The van der Waals surface area contributed by atoms with Gasteiger partial charge in [-0.2, -0.15) is 8.42 Å². The van der Waals surface area contributed by atoms with E-state index < -0.39 is 10.1 Å². The quantitative estimate of drug-likeness (QED) is 0.462. The Morgan fingerprint density at radius 3 is 2.46 bits per heavy atom. The first kappa shape index (κ1) is 26.5. The van der Waals surface area contributed by atoms with Crippen LogP contribution in [0.15, 0.2) is 47.4 Å². The molecule has 1 saturated heterocycles. The fourth-order valence-corrected chi connectivity index (χ4v) is 4.62.